The van der Waals surface area contributed by atoms with Crippen LogP contribution in [-0.2, 0) is 42.9 Å². The second kappa shape index (κ2) is 18.6. The number of Topliss-reactive ketones (excluding diaryl/α,β-unsaturated/α-hetero) is 1. The topological polar surface area (TPSA) is 215 Å². The quantitative estimate of drug-likeness (QED) is 0.160. The molecule has 0 unspecified atom stereocenters. The third kappa shape index (κ3) is 8.55. The predicted molar refractivity (Wildman–Crippen MR) is 220 cm³/mol. The lowest BCUT2D eigenvalue weighted by Gasteiger charge is -2.67. The highest BCUT2D eigenvalue weighted by Crippen LogP contribution is 2.64. The molecular formula is C45H63NO13S. The molecule has 6 rings (SSSR count). The average molecular weight is 858 g/mol. The first-order valence-electron chi connectivity index (χ1n) is 21.6. The number of aliphatic hydroxyl groups excluding tert-OH is 3. The van der Waals surface area contributed by atoms with Gasteiger partial charge in [-0.2, -0.15) is 11.8 Å². The summed E-state index contributed by atoms with van der Waals surface area (Å²) >= 11 is 1.85. The van der Waals surface area contributed by atoms with Gasteiger partial charge in [-0.05, 0) is 67.7 Å². The van der Waals surface area contributed by atoms with Crippen LogP contribution in [0.3, 0.4) is 0 Å². The van der Waals surface area contributed by atoms with Crippen LogP contribution in [0.15, 0.2) is 41.5 Å². The molecule has 60 heavy (non-hydrogen) atoms. The van der Waals surface area contributed by atoms with Crippen LogP contribution in [0.25, 0.3) is 0 Å². The molecular weight excluding hydrogens is 795 g/mol. The van der Waals surface area contributed by atoms with Gasteiger partial charge in [0.05, 0.1) is 30.1 Å². The highest BCUT2D eigenvalue weighted by molar-refractivity contribution is 7.99. The van der Waals surface area contributed by atoms with Gasteiger partial charge in [0.1, 0.15) is 30.0 Å². The van der Waals surface area contributed by atoms with E-state index in [1.165, 1.54) is 13.8 Å². The van der Waals surface area contributed by atoms with Gasteiger partial charge in [0, 0.05) is 38.0 Å². The first-order valence-corrected chi connectivity index (χ1v) is 22.7. The molecule has 0 radical (unpaired) electrons. The van der Waals surface area contributed by atoms with Crippen LogP contribution in [0.2, 0.25) is 0 Å². The molecule has 1 aromatic carbocycles. The molecule has 5 aliphatic rings. The maximum absolute atomic E-state index is 15.0. The van der Waals surface area contributed by atoms with Gasteiger partial charge in [0.15, 0.2) is 17.5 Å². The number of nitrogens with one attached hydrogen (secondary N) is 1. The Kier molecular flexibility index (Phi) is 14.3. The number of thioether (sulfide) groups is 1. The zero-order chi connectivity index (χ0) is 43.6. The molecule has 15 heteroatoms. The van der Waals surface area contributed by atoms with Gasteiger partial charge >= 0.3 is 17.9 Å². The van der Waals surface area contributed by atoms with Crippen molar-refractivity contribution in [1.29, 1.82) is 0 Å². The first kappa shape index (κ1) is 46.2. The van der Waals surface area contributed by atoms with Gasteiger partial charge < -0.3 is 44.7 Å². The molecule has 5 N–H and O–H groups in total. The van der Waals surface area contributed by atoms with Crippen LogP contribution in [0, 0.1) is 16.7 Å². The highest BCUT2D eigenvalue weighted by Gasteiger charge is 2.78. The maximum atomic E-state index is 15.0. The molecule has 0 aromatic heterocycles. The van der Waals surface area contributed by atoms with Crippen molar-refractivity contribution in [1.82, 2.24) is 5.32 Å². The summed E-state index contributed by atoms with van der Waals surface area (Å²) in [5.41, 5.74) is -6.78. The lowest BCUT2D eigenvalue weighted by molar-refractivity contribution is -0.347. The number of rotatable bonds is 2. The Hall–Kier alpha value is -3.34. The summed E-state index contributed by atoms with van der Waals surface area (Å²) in [6, 6.07) is 7.31. The number of benzene rings is 1. The number of fused-ring (bicyclic) bond motifs is 6. The Balaban J connectivity index is 1.46. The van der Waals surface area contributed by atoms with E-state index in [4.69, 9.17) is 18.9 Å². The summed E-state index contributed by atoms with van der Waals surface area (Å²) in [4.78, 5) is 69.4. The number of ketones is 1. The van der Waals surface area contributed by atoms with Gasteiger partial charge in [-0.3, -0.25) is 19.2 Å². The Morgan fingerprint density at radius 3 is 2.17 bits per heavy atom. The molecule has 332 valence electrons. The second-order valence-electron chi connectivity index (χ2n) is 18.2. The lowest BCUT2D eigenvalue weighted by atomic mass is 9.44. The zero-order valence-corrected chi connectivity index (χ0v) is 36.3. The standard InChI is InChI=1S/C45H63NO13S/c1-26-29-24-45(55)40(38-43(5,39(53)36(51)34(26)42(45,3)4)30(48)23-31-44(38,25-56-31)59-27(2)47)58-33(50)20-14-10-16-22-60-21-15-8-6-7-13-19-32(49)46-35(37(52)41(54)57-29)28-17-11-9-12-18-28/h9,11-12,17-18,29-31,35-38,40,48,51-52,55H,6-8,10,13-16,19-25H2,1-5H3,(H,46,49)/t29-,30-,31+,35-,36+,37+,38-,40-,43+,44-,45+/m0/s1. The minimum absolute atomic E-state index is 0.00208. The third-order valence-electron chi connectivity index (χ3n) is 14.1. The van der Waals surface area contributed by atoms with Crippen molar-refractivity contribution in [3.05, 3.63) is 47.0 Å². The number of ether oxygens (including phenoxy) is 4. The van der Waals surface area contributed by atoms with Crippen molar-refractivity contribution in [2.45, 2.75) is 166 Å². The number of hydrogen-bond acceptors (Lipinski definition) is 14. The Morgan fingerprint density at radius 2 is 1.52 bits per heavy atom. The summed E-state index contributed by atoms with van der Waals surface area (Å²) < 4.78 is 24.4. The van der Waals surface area contributed by atoms with E-state index < -0.39 is 101 Å². The van der Waals surface area contributed by atoms with Gasteiger partial charge in [0.25, 0.3) is 0 Å². The molecule has 3 bridgehead atoms. The Bertz CT molecular complexity index is 1800. The summed E-state index contributed by atoms with van der Waals surface area (Å²) in [5, 5.41) is 52.1. The summed E-state index contributed by atoms with van der Waals surface area (Å²) in [6.07, 6.45) is -3.19. The van der Waals surface area contributed by atoms with E-state index in [0.29, 0.717) is 18.4 Å². The first-order chi connectivity index (χ1) is 28.4. The van der Waals surface area contributed by atoms with Crippen molar-refractivity contribution >= 4 is 41.4 Å². The SMILES string of the molecule is CC(=O)O[C@@]12CO[C@@H]1C[C@H](O)[C@@]1(C)C(=O)[C@H](O)C3=C(C)[C@@H]4C[C@@](O)([C@@H](OC(=O)CCCCCSCCCCCCCC(=O)N[C@@H](c5ccccc5)[C@@H](O)C(=O)O4)[C@H]21)C3(C)C. The van der Waals surface area contributed by atoms with Crippen molar-refractivity contribution in [2.75, 3.05) is 18.1 Å². The normalized spacial score (nSPS) is 38.8. The van der Waals surface area contributed by atoms with Gasteiger partial charge in [-0.15, -0.1) is 0 Å². The lowest BCUT2D eigenvalue weighted by Crippen LogP contribution is -2.81. The molecule has 4 fully saturated rings. The van der Waals surface area contributed by atoms with Crippen LogP contribution in [0.4, 0.5) is 0 Å². The van der Waals surface area contributed by atoms with Gasteiger partial charge in [-0.25, -0.2) is 4.79 Å². The van der Waals surface area contributed by atoms with E-state index in [-0.39, 0.29) is 42.9 Å². The Morgan fingerprint density at radius 1 is 0.883 bits per heavy atom. The molecule has 14 nitrogen and oxygen atoms in total. The predicted octanol–water partition coefficient (Wildman–Crippen LogP) is 4.19. The van der Waals surface area contributed by atoms with Gasteiger partial charge in [-0.1, -0.05) is 69.9 Å². The van der Waals surface area contributed by atoms with Gasteiger partial charge in [0.2, 0.25) is 5.91 Å². The fourth-order valence-corrected chi connectivity index (χ4v) is 11.6. The van der Waals surface area contributed by atoms with Crippen LogP contribution >= 0.6 is 11.8 Å². The van der Waals surface area contributed by atoms with Crippen molar-refractivity contribution in [3.63, 3.8) is 0 Å². The smallest absolute Gasteiger partial charge is 0.338 e. The molecule has 11 atom stereocenters. The van der Waals surface area contributed by atoms with E-state index in [0.717, 1.165) is 50.0 Å². The van der Waals surface area contributed by atoms with Crippen molar-refractivity contribution in [3.8, 4) is 0 Å². The fourth-order valence-electron chi connectivity index (χ4n) is 10.6. The molecule has 2 saturated carbocycles. The highest BCUT2D eigenvalue weighted by atomic mass is 32.2. The van der Waals surface area contributed by atoms with Crippen molar-refractivity contribution < 1.29 is 63.3 Å². The maximum Gasteiger partial charge on any atom is 0.338 e. The number of carbonyl (C=O) groups is 5. The van der Waals surface area contributed by atoms with Crippen LogP contribution in [0.5, 0.6) is 0 Å². The Labute approximate surface area is 356 Å². The number of aliphatic hydroxyl groups is 4. The molecule has 2 aliphatic heterocycles. The van der Waals surface area contributed by atoms with Crippen LogP contribution in [-0.4, -0.2) is 116 Å². The van der Waals surface area contributed by atoms with E-state index >= 15 is 0 Å². The largest absolute Gasteiger partial charge is 0.459 e. The molecule has 1 aromatic rings. The minimum atomic E-state index is -2.26. The fraction of sp³-hybridized carbons (Fsp3) is 0.711. The van der Waals surface area contributed by atoms with E-state index in [1.807, 2.05) is 11.8 Å². The zero-order valence-electron chi connectivity index (χ0n) is 35.5. The molecule has 3 aliphatic carbocycles. The molecule has 1 amide bonds. The number of amides is 1. The number of carbonyl (C=O) groups excluding carboxylic acids is 5. The minimum Gasteiger partial charge on any atom is -0.459 e. The van der Waals surface area contributed by atoms with Crippen molar-refractivity contribution in [2.24, 2.45) is 16.7 Å². The van der Waals surface area contributed by atoms with Crippen LogP contribution in [0.1, 0.15) is 123 Å². The molecule has 2 heterocycles. The average Bonchev–Trinajstić information content (AvgIpc) is 3.19. The summed E-state index contributed by atoms with van der Waals surface area (Å²) in [7, 11) is 0. The third-order valence-corrected chi connectivity index (χ3v) is 15.2. The second-order valence-corrected chi connectivity index (χ2v) is 19.4. The number of hydrogen-bond donors (Lipinski definition) is 5. The van der Waals surface area contributed by atoms with E-state index in [1.54, 1.807) is 51.1 Å². The number of esters is 3. The van der Waals surface area contributed by atoms with E-state index in [2.05, 4.69) is 5.32 Å². The summed E-state index contributed by atoms with van der Waals surface area (Å²) in [6.45, 7) is 7.14. The monoisotopic (exact) mass is 857 g/mol. The molecule has 2 saturated heterocycles. The van der Waals surface area contributed by atoms with Crippen LogP contribution < -0.4 is 5.32 Å². The molecule has 0 spiro atoms. The van der Waals surface area contributed by atoms with E-state index in [9.17, 15) is 44.4 Å². The summed E-state index contributed by atoms with van der Waals surface area (Å²) in [5.74, 6) is -3.30.